The van der Waals surface area contributed by atoms with Crippen LogP contribution in [0, 0.1) is 0 Å². The second-order valence-electron chi connectivity index (χ2n) is 4.44. The highest BCUT2D eigenvalue weighted by Crippen LogP contribution is 2.39. The number of halogens is 4. The molecule has 0 aliphatic heterocycles. The second-order valence-corrected chi connectivity index (χ2v) is 5.29. The van der Waals surface area contributed by atoms with Gasteiger partial charge in [0.15, 0.2) is 5.65 Å². The van der Waals surface area contributed by atoms with Crippen molar-refractivity contribution in [1.82, 2.24) is 9.38 Å². The minimum atomic E-state index is -4.46. The van der Waals surface area contributed by atoms with Crippen LogP contribution in [0.2, 0.25) is 0 Å². The van der Waals surface area contributed by atoms with Crippen LogP contribution in [0.15, 0.2) is 47.1 Å². The van der Waals surface area contributed by atoms with Gasteiger partial charge in [0.25, 0.3) is 0 Å². The Morgan fingerprint density at radius 3 is 2.48 bits per heavy atom. The maximum atomic E-state index is 13.1. The van der Waals surface area contributed by atoms with Crippen molar-refractivity contribution in [1.29, 1.82) is 0 Å². The third-order valence-electron chi connectivity index (χ3n) is 3.13. The highest BCUT2D eigenvalue weighted by atomic mass is 79.9. The smallest absolute Gasteiger partial charge is 0.383 e. The van der Waals surface area contributed by atoms with Crippen LogP contribution in [0.25, 0.3) is 16.9 Å². The Labute approximate surface area is 126 Å². The summed E-state index contributed by atoms with van der Waals surface area (Å²) in [7, 11) is 0. The maximum absolute atomic E-state index is 13.1. The summed E-state index contributed by atoms with van der Waals surface area (Å²) in [4.78, 5) is 4.25. The van der Waals surface area contributed by atoms with Crippen molar-refractivity contribution < 1.29 is 13.2 Å². The molecule has 0 unspecified atom stereocenters. The molecule has 3 nitrogen and oxygen atoms in total. The van der Waals surface area contributed by atoms with Gasteiger partial charge < -0.3 is 5.73 Å². The van der Waals surface area contributed by atoms with E-state index >= 15 is 0 Å². The lowest BCUT2D eigenvalue weighted by Crippen LogP contribution is -2.07. The number of imidazole rings is 1. The van der Waals surface area contributed by atoms with Crippen molar-refractivity contribution >= 4 is 27.4 Å². The standard InChI is InChI=1S/C14H9BrF3N3/c15-10-6-3-7-21-12(19)11(20-13(10)21)8-4-1-2-5-9(8)14(16,17)18/h1-7H,19H2. The normalized spacial score (nSPS) is 12.0. The number of nitrogens with zero attached hydrogens (tertiary/aromatic N) is 2. The van der Waals surface area contributed by atoms with E-state index in [1.165, 1.54) is 18.2 Å². The Bertz CT molecular complexity index is 824. The molecule has 3 aromatic rings. The lowest BCUT2D eigenvalue weighted by atomic mass is 10.0. The van der Waals surface area contributed by atoms with E-state index in [1.54, 1.807) is 22.7 Å². The van der Waals surface area contributed by atoms with Crippen molar-refractivity contribution in [2.45, 2.75) is 6.18 Å². The monoisotopic (exact) mass is 355 g/mol. The quantitative estimate of drug-likeness (QED) is 0.704. The lowest BCUT2D eigenvalue weighted by molar-refractivity contribution is -0.137. The Morgan fingerprint density at radius 2 is 1.81 bits per heavy atom. The molecular weight excluding hydrogens is 347 g/mol. The molecule has 0 aliphatic carbocycles. The number of pyridine rings is 1. The zero-order valence-corrected chi connectivity index (χ0v) is 12.1. The fraction of sp³-hybridized carbons (Fsp3) is 0.0714. The highest BCUT2D eigenvalue weighted by molar-refractivity contribution is 9.10. The number of benzene rings is 1. The molecule has 0 spiro atoms. The number of rotatable bonds is 1. The molecule has 0 saturated heterocycles. The summed E-state index contributed by atoms with van der Waals surface area (Å²) in [6.07, 6.45) is -2.81. The first-order valence-corrected chi connectivity index (χ1v) is 6.77. The molecular formula is C14H9BrF3N3. The van der Waals surface area contributed by atoms with Crippen molar-refractivity contribution in [3.63, 3.8) is 0 Å². The molecule has 0 bridgehead atoms. The molecule has 3 rings (SSSR count). The predicted octanol–water partition coefficient (Wildman–Crippen LogP) is 4.36. The molecule has 108 valence electrons. The average molecular weight is 356 g/mol. The Morgan fingerprint density at radius 1 is 1.10 bits per heavy atom. The van der Waals surface area contributed by atoms with Crippen LogP contribution in [-0.2, 0) is 6.18 Å². The van der Waals surface area contributed by atoms with Crippen LogP contribution in [0.5, 0.6) is 0 Å². The van der Waals surface area contributed by atoms with E-state index in [-0.39, 0.29) is 17.1 Å². The first kappa shape index (κ1) is 13.9. The summed E-state index contributed by atoms with van der Waals surface area (Å²) in [5, 5.41) is 0. The summed E-state index contributed by atoms with van der Waals surface area (Å²) >= 11 is 3.31. The van der Waals surface area contributed by atoms with E-state index in [2.05, 4.69) is 20.9 Å². The minimum absolute atomic E-state index is 0.0295. The number of hydrogen-bond donors (Lipinski definition) is 1. The van der Waals surface area contributed by atoms with E-state index in [9.17, 15) is 13.2 Å². The molecule has 2 aromatic heterocycles. The number of nitrogen functional groups attached to an aromatic ring is 1. The van der Waals surface area contributed by atoms with Gasteiger partial charge in [-0.3, -0.25) is 4.40 Å². The number of anilines is 1. The number of hydrogen-bond acceptors (Lipinski definition) is 2. The highest BCUT2D eigenvalue weighted by Gasteiger charge is 2.34. The third kappa shape index (κ3) is 2.27. The summed E-state index contributed by atoms with van der Waals surface area (Å²) in [5.41, 5.74) is 5.78. The zero-order valence-electron chi connectivity index (χ0n) is 10.5. The predicted molar refractivity (Wildman–Crippen MR) is 77.7 cm³/mol. The molecule has 0 radical (unpaired) electrons. The molecule has 21 heavy (non-hydrogen) atoms. The summed E-state index contributed by atoms with van der Waals surface area (Å²) in [5.74, 6) is 0.169. The molecule has 2 N–H and O–H groups in total. The van der Waals surface area contributed by atoms with E-state index in [0.29, 0.717) is 10.1 Å². The Balaban J connectivity index is 2.32. The van der Waals surface area contributed by atoms with Gasteiger partial charge in [0.1, 0.15) is 11.5 Å². The van der Waals surface area contributed by atoms with Crippen LogP contribution in [0.4, 0.5) is 19.0 Å². The zero-order chi connectivity index (χ0) is 15.2. The largest absolute Gasteiger partial charge is 0.417 e. The van der Waals surface area contributed by atoms with Crippen LogP contribution in [0.3, 0.4) is 0 Å². The molecule has 1 aromatic carbocycles. The van der Waals surface area contributed by atoms with Crippen LogP contribution < -0.4 is 5.73 Å². The molecule has 0 saturated carbocycles. The van der Waals surface area contributed by atoms with Gasteiger partial charge in [0.2, 0.25) is 0 Å². The van der Waals surface area contributed by atoms with Crippen molar-refractivity contribution in [2.24, 2.45) is 0 Å². The number of fused-ring (bicyclic) bond motifs is 1. The first-order valence-electron chi connectivity index (χ1n) is 5.98. The van der Waals surface area contributed by atoms with Gasteiger partial charge in [0, 0.05) is 11.8 Å². The van der Waals surface area contributed by atoms with Gasteiger partial charge >= 0.3 is 6.18 Å². The van der Waals surface area contributed by atoms with Crippen molar-refractivity contribution in [3.8, 4) is 11.3 Å². The molecule has 0 fully saturated rings. The maximum Gasteiger partial charge on any atom is 0.417 e. The summed E-state index contributed by atoms with van der Waals surface area (Å²) < 4.78 is 41.6. The Kier molecular flexibility index (Phi) is 3.16. The molecule has 0 aliphatic rings. The SMILES string of the molecule is Nc1c(-c2ccccc2C(F)(F)F)nc2c(Br)cccn12. The average Bonchev–Trinajstić information content (AvgIpc) is 2.77. The minimum Gasteiger partial charge on any atom is -0.383 e. The summed E-state index contributed by atoms with van der Waals surface area (Å²) in [6.45, 7) is 0. The van der Waals surface area contributed by atoms with Gasteiger partial charge in [-0.05, 0) is 34.1 Å². The van der Waals surface area contributed by atoms with E-state index < -0.39 is 11.7 Å². The van der Waals surface area contributed by atoms with Gasteiger partial charge in [-0.15, -0.1) is 0 Å². The fourth-order valence-electron chi connectivity index (χ4n) is 2.19. The fourth-order valence-corrected chi connectivity index (χ4v) is 2.62. The number of aromatic nitrogens is 2. The molecule has 0 atom stereocenters. The second kappa shape index (κ2) is 4.77. The first-order chi connectivity index (χ1) is 9.89. The van der Waals surface area contributed by atoms with E-state index in [4.69, 9.17) is 5.73 Å². The van der Waals surface area contributed by atoms with E-state index in [0.717, 1.165) is 6.07 Å². The van der Waals surface area contributed by atoms with Gasteiger partial charge in [-0.1, -0.05) is 18.2 Å². The third-order valence-corrected chi connectivity index (χ3v) is 3.75. The van der Waals surface area contributed by atoms with Gasteiger partial charge in [0.05, 0.1) is 10.0 Å². The lowest BCUT2D eigenvalue weighted by Gasteiger charge is -2.11. The topological polar surface area (TPSA) is 43.3 Å². The number of alkyl halides is 3. The van der Waals surface area contributed by atoms with Crippen LogP contribution in [0.1, 0.15) is 5.56 Å². The molecule has 2 heterocycles. The molecule has 0 amide bonds. The van der Waals surface area contributed by atoms with Crippen molar-refractivity contribution in [3.05, 3.63) is 52.6 Å². The number of nitrogens with two attached hydrogens (primary N) is 1. The molecule has 7 heteroatoms. The van der Waals surface area contributed by atoms with Crippen molar-refractivity contribution in [2.75, 3.05) is 5.73 Å². The summed E-state index contributed by atoms with van der Waals surface area (Å²) in [6, 6.07) is 8.75. The van der Waals surface area contributed by atoms with E-state index in [1.807, 2.05) is 0 Å². The van der Waals surface area contributed by atoms with Crippen LogP contribution in [-0.4, -0.2) is 9.38 Å². The van der Waals surface area contributed by atoms with Gasteiger partial charge in [-0.25, -0.2) is 4.98 Å². The Hall–Kier alpha value is -2.02. The van der Waals surface area contributed by atoms with Gasteiger partial charge in [-0.2, -0.15) is 13.2 Å². The van der Waals surface area contributed by atoms with Crippen LogP contribution >= 0.6 is 15.9 Å².